The number of nitriles is 1. The molecule has 1 heterocycles. The molecule has 98 valence electrons. The van der Waals surface area contributed by atoms with E-state index in [1.54, 1.807) is 18.2 Å². The van der Waals surface area contributed by atoms with Crippen molar-refractivity contribution in [1.82, 2.24) is 0 Å². The van der Waals surface area contributed by atoms with Gasteiger partial charge in [0, 0.05) is 10.4 Å². The molecule has 0 spiro atoms. The van der Waals surface area contributed by atoms with Crippen LogP contribution >= 0.6 is 27.3 Å². The van der Waals surface area contributed by atoms with Crippen LogP contribution in [0.15, 0.2) is 22.7 Å². The van der Waals surface area contributed by atoms with Gasteiger partial charge in [-0.05, 0) is 34.0 Å². The van der Waals surface area contributed by atoms with Crippen LogP contribution in [-0.4, -0.2) is 0 Å². The number of hydrogen-bond acceptors (Lipinski definition) is 3. The average Bonchev–Trinajstić information content (AvgIpc) is 2.71. The van der Waals surface area contributed by atoms with E-state index in [2.05, 4.69) is 22.0 Å². The summed E-state index contributed by atoms with van der Waals surface area (Å²) in [5.74, 6) is -0.314. The van der Waals surface area contributed by atoms with Gasteiger partial charge in [0.05, 0.1) is 10.2 Å². The van der Waals surface area contributed by atoms with Crippen molar-refractivity contribution in [2.24, 2.45) is 0 Å². The fourth-order valence-electron chi connectivity index (χ4n) is 1.96. The molecule has 5 heteroatoms. The van der Waals surface area contributed by atoms with Gasteiger partial charge in [-0.3, -0.25) is 0 Å². The monoisotopic (exact) mass is 338 g/mol. The highest BCUT2D eigenvalue weighted by Gasteiger charge is 2.19. The molecule has 2 nitrogen and oxygen atoms in total. The minimum absolute atomic E-state index is 0.314. The molecule has 0 radical (unpaired) electrons. The Hall–Kier alpha value is -1.38. The maximum absolute atomic E-state index is 14.2. The predicted octanol–water partition coefficient (Wildman–Crippen LogP) is 4.72. The second kappa shape index (κ2) is 5.72. The lowest BCUT2D eigenvalue weighted by Crippen LogP contribution is -1.94. The lowest BCUT2D eigenvalue weighted by Gasteiger charge is -2.06. The number of nitrogens with two attached hydrogens (primary N) is 1. The van der Waals surface area contributed by atoms with Crippen molar-refractivity contribution in [3.63, 3.8) is 0 Å². The molecular weight excluding hydrogens is 327 g/mol. The second-order valence-electron chi connectivity index (χ2n) is 4.12. The lowest BCUT2D eigenvalue weighted by atomic mass is 10.0. The molecule has 2 rings (SSSR count). The Labute approximate surface area is 123 Å². The van der Waals surface area contributed by atoms with Crippen LogP contribution in [0.5, 0.6) is 0 Å². The number of hydrogen-bond donors (Lipinski definition) is 1. The molecule has 0 aliphatic rings. The Bertz CT molecular complexity index is 658. The van der Waals surface area contributed by atoms with E-state index in [1.165, 1.54) is 11.3 Å². The highest BCUT2D eigenvalue weighted by molar-refractivity contribution is 9.10. The third kappa shape index (κ3) is 2.51. The predicted molar refractivity (Wildman–Crippen MR) is 80.5 cm³/mol. The van der Waals surface area contributed by atoms with Gasteiger partial charge in [0.25, 0.3) is 0 Å². The number of thiophene rings is 1. The van der Waals surface area contributed by atoms with Crippen molar-refractivity contribution in [1.29, 1.82) is 5.26 Å². The average molecular weight is 339 g/mol. The van der Waals surface area contributed by atoms with Crippen molar-refractivity contribution in [3.05, 3.63) is 38.9 Å². The topological polar surface area (TPSA) is 49.8 Å². The van der Waals surface area contributed by atoms with Crippen molar-refractivity contribution in [2.45, 2.75) is 19.8 Å². The van der Waals surface area contributed by atoms with Gasteiger partial charge < -0.3 is 5.73 Å². The summed E-state index contributed by atoms with van der Waals surface area (Å²) in [7, 11) is 0. The fraction of sp³-hybridized carbons (Fsp3) is 0.214. The van der Waals surface area contributed by atoms with E-state index >= 15 is 0 Å². The summed E-state index contributed by atoms with van der Waals surface area (Å²) in [6.45, 7) is 2.03. The molecule has 2 aromatic rings. The Morgan fingerprint density at radius 3 is 2.84 bits per heavy atom. The van der Waals surface area contributed by atoms with Crippen LogP contribution in [0, 0.1) is 17.1 Å². The lowest BCUT2D eigenvalue weighted by molar-refractivity contribution is 0.625. The molecule has 0 saturated heterocycles. The Morgan fingerprint density at radius 1 is 1.47 bits per heavy atom. The maximum atomic E-state index is 14.2. The molecule has 0 atom stereocenters. The largest absolute Gasteiger partial charge is 0.397 e. The molecule has 0 bridgehead atoms. The molecule has 0 amide bonds. The van der Waals surface area contributed by atoms with Gasteiger partial charge >= 0.3 is 0 Å². The van der Waals surface area contributed by atoms with Gasteiger partial charge in [0.2, 0.25) is 0 Å². The molecule has 1 aromatic heterocycles. The van der Waals surface area contributed by atoms with E-state index < -0.39 is 0 Å². The zero-order chi connectivity index (χ0) is 14.0. The Balaban J connectivity index is 2.68. The van der Waals surface area contributed by atoms with Gasteiger partial charge in [0.15, 0.2) is 0 Å². The number of nitrogen functional groups attached to an aromatic ring is 1. The fourth-order valence-corrected chi connectivity index (χ4v) is 3.41. The van der Waals surface area contributed by atoms with Gasteiger partial charge in [-0.25, -0.2) is 4.39 Å². The van der Waals surface area contributed by atoms with E-state index in [4.69, 9.17) is 11.0 Å². The SMILES string of the molecule is CCCc1c(-c2cccc(Br)c2F)sc(C#N)c1N. The van der Waals surface area contributed by atoms with Crippen LogP contribution in [0.25, 0.3) is 10.4 Å². The first-order valence-corrected chi connectivity index (χ1v) is 7.46. The minimum atomic E-state index is -0.314. The quantitative estimate of drug-likeness (QED) is 0.879. The first-order chi connectivity index (χ1) is 9.10. The molecule has 2 N–H and O–H groups in total. The van der Waals surface area contributed by atoms with Gasteiger partial charge in [0.1, 0.15) is 16.8 Å². The summed E-state index contributed by atoms with van der Waals surface area (Å²) < 4.78 is 14.6. The first kappa shape index (κ1) is 14.0. The number of nitrogens with zero attached hydrogens (tertiary/aromatic N) is 1. The molecule has 0 aliphatic heterocycles. The van der Waals surface area contributed by atoms with Gasteiger partial charge in [-0.15, -0.1) is 11.3 Å². The summed E-state index contributed by atoms with van der Waals surface area (Å²) in [6.07, 6.45) is 1.64. The third-order valence-corrected chi connectivity index (χ3v) is 4.64. The van der Waals surface area contributed by atoms with Crippen LogP contribution in [0.3, 0.4) is 0 Å². The highest BCUT2D eigenvalue weighted by atomic mass is 79.9. The molecule has 0 saturated carbocycles. The van der Waals surface area contributed by atoms with Gasteiger partial charge in [-0.1, -0.05) is 25.5 Å². The second-order valence-corrected chi connectivity index (χ2v) is 5.99. The van der Waals surface area contributed by atoms with Crippen LogP contribution in [0.4, 0.5) is 10.1 Å². The van der Waals surface area contributed by atoms with Crippen LogP contribution in [-0.2, 0) is 6.42 Å². The van der Waals surface area contributed by atoms with Crippen LogP contribution in [0.2, 0.25) is 0 Å². The summed E-state index contributed by atoms with van der Waals surface area (Å²) in [5, 5.41) is 9.07. The minimum Gasteiger partial charge on any atom is -0.397 e. The van der Waals surface area contributed by atoms with E-state index in [-0.39, 0.29) is 5.82 Å². The highest BCUT2D eigenvalue weighted by Crippen LogP contribution is 2.41. The number of halogens is 2. The summed E-state index contributed by atoms with van der Waals surface area (Å²) in [5.41, 5.74) is 7.84. The zero-order valence-electron chi connectivity index (χ0n) is 10.3. The van der Waals surface area contributed by atoms with Gasteiger partial charge in [-0.2, -0.15) is 5.26 Å². The van der Waals surface area contributed by atoms with Crippen molar-refractivity contribution in [3.8, 4) is 16.5 Å². The van der Waals surface area contributed by atoms with E-state index in [1.807, 2.05) is 6.92 Å². The smallest absolute Gasteiger partial charge is 0.146 e. The first-order valence-electron chi connectivity index (χ1n) is 5.85. The molecule has 1 aromatic carbocycles. The maximum Gasteiger partial charge on any atom is 0.146 e. The van der Waals surface area contributed by atoms with Crippen molar-refractivity contribution in [2.75, 3.05) is 5.73 Å². The van der Waals surface area contributed by atoms with Crippen LogP contribution in [0.1, 0.15) is 23.8 Å². The standard InChI is InChI=1S/C14H12BrFN2S/c1-2-4-9-13(18)11(7-17)19-14(9)8-5-3-6-10(15)12(8)16/h3,5-6H,2,4,18H2,1H3. The summed E-state index contributed by atoms with van der Waals surface area (Å²) in [6, 6.07) is 7.22. The number of rotatable bonds is 3. The molecule has 19 heavy (non-hydrogen) atoms. The van der Waals surface area contributed by atoms with E-state index in [9.17, 15) is 4.39 Å². The van der Waals surface area contributed by atoms with E-state index in [0.717, 1.165) is 23.3 Å². The van der Waals surface area contributed by atoms with Crippen molar-refractivity contribution < 1.29 is 4.39 Å². The number of anilines is 1. The Morgan fingerprint density at radius 2 is 2.21 bits per heavy atom. The molecule has 0 unspecified atom stereocenters. The van der Waals surface area contributed by atoms with E-state index in [0.29, 0.717) is 20.6 Å². The zero-order valence-corrected chi connectivity index (χ0v) is 12.7. The Kier molecular flexibility index (Phi) is 4.23. The summed E-state index contributed by atoms with van der Waals surface area (Å²) >= 11 is 4.44. The third-order valence-electron chi connectivity index (χ3n) is 2.85. The molecule has 0 fully saturated rings. The number of benzene rings is 1. The molecular formula is C14H12BrFN2S. The molecule has 0 aliphatic carbocycles. The van der Waals surface area contributed by atoms with Crippen molar-refractivity contribution >= 4 is 33.0 Å². The normalized spacial score (nSPS) is 10.4. The summed E-state index contributed by atoms with van der Waals surface area (Å²) in [4.78, 5) is 1.22. The van der Waals surface area contributed by atoms with Crippen LogP contribution < -0.4 is 5.73 Å².